The monoisotopic (exact) mass is 251 g/mol. The lowest BCUT2D eigenvalue weighted by atomic mass is 10.3. The van der Waals surface area contributed by atoms with E-state index >= 15 is 0 Å². The topological polar surface area (TPSA) is 98.3 Å². The zero-order valence-electron chi connectivity index (χ0n) is 9.78. The summed E-state index contributed by atoms with van der Waals surface area (Å²) >= 11 is 0. The van der Waals surface area contributed by atoms with Gasteiger partial charge in [-0.2, -0.15) is 9.97 Å². The first-order valence-corrected chi connectivity index (χ1v) is 5.72. The first-order chi connectivity index (χ1) is 9.33. The van der Waals surface area contributed by atoms with Gasteiger partial charge in [0.15, 0.2) is 11.5 Å². The molecule has 3 heterocycles. The van der Waals surface area contributed by atoms with Gasteiger partial charge in [-0.1, -0.05) is 12.1 Å². The number of aromatic amines is 1. The standard InChI is InChI=1S/C12H9N7/c13-12-17-10-9(14-5-15-10)11(18-12)19-6-16-7-3-1-2-4-8(7)19/h1-6H,(H3,13,14,15,17,18). The third kappa shape index (κ3) is 1.38. The Bertz CT molecular complexity index is 889. The number of anilines is 1. The lowest BCUT2D eigenvalue weighted by Gasteiger charge is -2.04. The highest BCUT2D eigenvalue weighted by Crippen LogP contribution is 2.21. The van der Waals surface area contributed by atoms with Crippen molar-refractivity contribution in [3.05, 3.63) is 36.9 Å². The summed E-state index contributed by atoms with van der Waals surface area (Å²) in [6.45, 7) is 0. The van der Waals surface area contributed by atoms with Gasteiger partial charge in [0.2, 0.25) is 5.95 Å². The molecule has 4 aromatic rings. The van der Waals surface area contributed by atoms with Crippen LogP contribution in [0.15, 0.2) is 36.9 Å². The zero-order chi connectivity index (χ0) is 12.8. The van der Waals surface area contributed by atoms with E-state index in [9.17, 15) is 0 Å². The minimum atomic E-state index is 0.187. The summed E-state index contributed by atoms with van der Waals surface area (Å²) in [5.41, 5.74) is 8.85. The maximum atomic E-state index is 5.72. The maximum absolute atomic E-state index is 5.72. The summed E-state index contributed by atoms with van der Waals surface area (Å²) in [5, 5.41) is 0. The molecular weight excluding hydrogens is 242 g/mol. The molecule has 1 aromatic carbocycles. The summed E-state index contributed by atoms with van der Waals surface area (Å²) in [7, 11) is 0. The Balaban J connectivity index is 2.11. The number of H-pyrrole nitrogens is 1. The van der Waals surface area contributed by atoms with Crippen LogP contribution in [0.3, 0.4) is 0 Å². The Kier molecular flexibility index (Phi) is 1.85. The van der Waals surface area contributed by atoms with Gasteiger partial charge < -0.3 is 10.7 Å². The molecule has 92 valence electrons. The minimum Gasteiger partial charge on any atom is -0.368 e. The van der Waals surface area contributed by atoms with Crippen LogP contribution in [0, 0.1) is 0 Å². The lowest BCUT2D eigenvalue weighted by molar-refractivity contribution is 1.02. The molecule has 0 saturated heterocycles. The number of nitrogen functional groups attached to an aromatic ring is 1. The Morgan fingerprint density at radius 1 is 1.11 bits per heavy atom. The Morgan fingerprint density at radius 3 is 2.95 bits per heavy atom. The summed E-state index contributed by atoms with van der Waals surface area (Å²) in [6.07, 6.45) is 3.29. The van der Waals surface area contributed by atoms with E-state index in [1.54, 1.807) is 12.7 Å². The number of nitrogens with one attached hydrogen (secondary N) is 1. The molecule has 19 heavy (non-hydrogen) atoms. The number of imidazole rings is 2. The second kappa shape index (κ2) is 3.52. The number of aromatic nitrogens is 6. The molecule has 0 unspecified atom stereocenters. The molecule has 0 aliphatic carbocycles. The summed E-state index contributed by atoms with van der Waals surface area (Å²) in [5.74, 6) is 0.834. The highest BCUT2D eigenvalue weighted by atomic mass is 15.2. The highest BCUT2D eigenvalue weighted by Gasteiger charge is 2.12. The molecule has 0 saturated carbocycles. The smallest absolute Gasteiger partial charge is 0.224 e. The summed E-state index contributed by atoms with van der Waals surface area (Å²) in [6, 6.07) is 7.82. The van der Waals surface area contributed by atoms with Crippen LogP contribution in [0.4, 0.5) is 5.95 Å². The Labute approximate surface area is 107 Å². The van der Waals surface area contributed by atoms with Crippen molar-refractivity contribution in [2.75, 3.05) is 5.73 Å². The number of nitrogens with two attached hydrogens (primary N) is 1. The van der Waals surface area contributed by atoms with Crippen LogP contribution in [0.2, 0.25) is 0 Å². The number of nitrogens with zero attached hydrogens (tertiary/aromatic N) is 5. The second-order valence-corrected chi connectivity index (χ2v) is 4.11. The van der Waals surface area contributed by atoms with E-state index in [0.29, 0.717) is 11.5 Å². The van der Waals surface area contributed by atoms with Crippen molar-refractivity contribution in [1.82, 2.24) is 29.5 Å². The summed E-state index contributed by atoms with van der Waals surface area (Å²) < 4.78 is 1.87. The number of hydrogen-bond donors (Lipinski definition) is 2. The predicted molar refractivity (Wildman–Crippen MR) is 70.7 cm³/mol. The number of fused-ring (bicyclic) bond motifs is 2. The third-order valence-electron chi connectivity index (χ3n) is 2.97. The minimum absolute atomic E-state index is 0.187. The van der Waals surface area contributed by atoms with Gasteiger partial charge in [0.1, 0.15) is 11.8 Å². The Hall–Kier alpha value is -2.96. The molecule has 0 spiro atoms. The average molecular weight is 251 g/mol. The number of para-hydroxylation sites is 2. The van der Waals surface area contributed by atoms with E-state index in [0.717, 1.165) is 16.6 Å². The van der Waals surface area contributed by atoms with Crippen LogP contribution in [0.25, 0.3) is 28.0 Å². The summed E-state index contributed by atoms with van der Waals surface area (Å²) in [4.78, 5) is 19.8. The molecule has 7 heteroatoms. The number of rotatable bonds is 1. The van der Waals surface area contributed by atoms with Crippen molar-refractivity contribution < 1.29 is 0 Å². The van der Waals surface area contributed by atoms with Gasteiger partial charge >= 0.3 is 0 Å². The number of hydrogen-bond acceptors (Lipinski definition) is 5. The van der Waals surface area contributed by atoms with Crippen molar-refractivity contribution in [3.8, 4) is 5.82 Å². The van der Waals surface area contributed by atoms with Gasteiger partial charge in [0.05, 0.1) is 17.4 Å². The van der Waals surface area contributed by atoms with Crippen LogP contribution < -0.4 is 5.73 Å². The molecule has 0 amide bonds. The maximum Gasteiger partial charge on any atom is 0.224 e. The van der Waals surface area contributed by atoms with Crippen molar-refractivity contribution >= 4 is 28.1 Å². The fourth-order valence-electron chi connectivity index (χ4n) is 2.14. The van der Waals surface area contributed by atoms with E-state index in [1.165, 1.54) is 0 Å². The van der Waals surface area contributed by atoms with E-state index in [1.807, 2.05) is 28.8 Å². The first-order valence-electron chi connectivity index (χ1n) is 5.72. The number of benzene rings is 1. The molecule has 0 fully saturated rings. The second-order valence-electron chi connectivity index (χ2n) is 4.11. The third-order valence-corrected chi connectivity index (χ3v) is 2.97. The van der Waals surface area contributed by atoms with Crippen LogP contribution in [0.5, 0.6) is 0 Å². The quantitative estimate of drug-likeness (QED) is 0.531. The molecular formula is C12H9N7. The molecule has 0 atom stereocenters. The molecule has 7 nitrogen and oxygen atoms in total. The fourth-order valence-corrected chi connectivity index (χ4v) is 2.14. The van der Waals surface area contributed by atoms with Gasteiger partial charge in [0.25, 0.3) is 0 Å². The predicted octanol–water partition coefficient (Wildman–Crippen LogP) is 1.27. The van der Waals surface area contributed by atoms with Crippen molar-refractivity contribution in [2.24, 2.45) is 0 Å². The van der Waals surface area contributed by atoms with Gasteiger partial charge in [-0.15, -0.1) is 0 Å². The van der Waals surface area contributed by atoms with Gasteiger partial charge in [-0.3, -0.25) is 4.57 Å². The van der Waals surface area contributed by atoms with Crippen LogP contribution >= 0.6 is 0 Å². The zero-order valence-corrected chi connectivity index (χ0v) is 9.78. The van der Waals surface area contributed by atoms with Crippen molar-refractivity contribution in [3.63, 3.8) is 0 Å². The van der Waals surface area contributed by atoms with E-state index < -0.39 is 0 Å². The van der Waals surface area contributed by atoms with Gasteiger partial charge in [0, 0.05) is 0 Å². The molecule has 3 aromatic heterocycles. The van der Waals surface area contributed by atoms with Crippen LogP contribution in [0.1, 0.15) is 0 Å². The normalized spacial score (nSPS) is 11.4. The Morgan fingerprint density at radius 2 is 2.00 bits per heavy atom. The van der Waals surface area contributed by atoms with Crippen LogP contribution in [-0.4, -0.2) is 29.5 Å². The lowest BCUT2D eigenvalue weighted by Crippen LogP contribution is -2.03. The largest absolute Gasteiger partial charge is 0.368 e. The fraction of sp³-hybridized carbons (Fsp3) is 0. The molecule has 4 rings (SSSR count). The van der Waals surface area contributed by atoms with Gasteiger partial charge in [-0.25, -0.2) is 9.97 Å². The average Bonchev–Trinajstić information content (AvgIpc) is 3.03. The first kappa shape index (κ1) is 10.0. The molecule has 0 radical (unpaired) electrons. The molecule has 0 aliphatic rings. The van der Waals surface area contributed by atoms with Crippen molar-refractivity contribution in [1.29, 1.82) is 0 Å². The van der Waals surface area contributed by atoms with Gasteiger partial charge in [-0.05, 0) is 12.1 Å². The molecule has 0 bridgehead atoms. The highest BCUT2D eigenvalue weighted by molar-refractivity contribution is 5.84. The van der Waals surface area contributed by atoms with Crippen molar-refractivity contribution in [2.45, 2.75) is 0 Å². The van der Waals surface area contributed by atoms with Crippen LogP contribution in [-0.2, 0) is 0 Å². The van der Waals surface area contributed by atoms with E-state index in [2.05, 4.69) is 24.9 Å². The SMILES string of the molecule is Nc1nc(-n2cnc3ccccc32)c2[nH]cnc2n1. The molecule has 0 aliphatic heterocycles. The van der Waals surface area contributed by atoms with E-state index in [4.69, 9.17) is 5.73 Å². The van der Waals surface area contributed by atoms with E-state index in [-0.39, 0.29) is 5.95 Å². The molecule has 3 N–H and O–H groups in total.